The summed E-state index contributed by atoms with van der Waals surface area (Å²) in [6.07, 6.45) is 1.74. The maximum Gasteiger partial charge on any atom is 0.707 e. The lowest BCUT2D eigenvalue weighted by Crippen LogP contribution is -2.20. The highest BCUT2D eigenvalue weighted by molar-refractivity contribution is 7.13. The van der Waals surface area contributed by atoms with Crippen LogP contribution in [-0.2, 0) is 0 Å². The van der Waals surface area contributed by atoms with Crippen LogP contribution in [0.3, 0.4) is 0 Å². The van der Waals surface area contributed by atoms with E-state index >= 15 is 0 Å². The predicted molar refractivity (Wildman–Crippen MR) is 58.4 cm³/mol. The van der Waals surface area contributed by atoms with Crippen LogP contribution < -0.4 is 4.65 Å². The Morgan fingerprint density at radius 1 is 1.20 bits per heavy atom. The molecule has 0 fully saturated rings. The van der Waals surface area contributed by atoms with Crippen molar-refractivity contribution in [1.82, 2.24) is 4.98 Å². The zero-order valence-electron chi connectivity index (χ0n) is 7.70. The van der Waals surface area contributed by atoms with Crippen LogP contribution in [-0.4, -0.2) is 22.4 Å². The number of thiazole rings is 1. The molecule has 0 radical (unpaired) electrons. The fraction of sp³-hybridized carbons (Fsp3) is 0. The summed E-state index contributed by atoms with van der Waals surface area (Å²) in [4.78, 5) is 4.16. The summed E-state index contributed by atoms with van der Waals surface area (Å²) in [5.74, 6) is 0.408. The average molecular weight is 221 g/mol. The molecule has 0 aliphatic heterocycles. The van der Waals surface area contributed by atoms with E-state index in [0.29, 0.717) is 5.75 Å². The van der Waals surface area contributed by atoms with Crippen LogP contribution in [0.2, 0.25) is 0 Å². The molecule has 2 aromatic rings. The largest absolute Gasteiger partial charge is 0.707 e. The van der Waals surface area contributed by atoms with Crippen molar-refractivity contribution in [2.45, 2.75) is 0 Å². The Balaban J connectivity index is 2.17. The highest BCUT2D eigenvalue weighted by Gasteiger charge is 2.10. The molecule has 76 valence electrons. The third kappa shape index (κ3) is 2.56. The molecule has 15 heavy (non-hydrogen) atoms. The summed E-state index contributed by atoms with van der Waals surface area (Å²) in [7, 11) is -1.78. The van der Waals surface area contributed by atoms with Crippen LogP contribution in [0, 0.1) is 0 Å². The average Bonchev–Trinajstić information content (AvgIpc) is 2.71. The molecule has 1 heterocycles. The maximum absolute atomic E-state index is 8.58. The highest BCUT2D eigenvalue weighted by atomic mass is 32.1. The lowest BCUT2D eigenvalue weighted by Gasteiger charge is -2.04. The van der Waals surface area contributed by atoms with Crippen molar-refractivity contribution in [2.75, 3.05) is 0 Å². The van der Waals surface area contributed by atoms with Gasteiger partial charge in [-0.05, 0) is 24.3 Å². The molecule has 2 N–H and O–H groups in total. The molecule has 1 aromatic heterocycles. The molecule has 0 saturated heterocycles. The first-order valence-electron chi connectivity index (χ1n) is 4.28. The van der Waals surface area contributed by atoms with Crippen molar-refractivity contribution < 1.29 is 14.7 Å². The molecule has 0 spiro atoms. The molecule has 1 aromatic carbocycles. The Morgan fingerprint density at radius 3 is 2.47 bits per heavy atom. The summed E-state index contributed by atoms with van der Waals surface area (Å²) < 4.78 is 4.68. The Kier molecular flexibility index (Phi) is 3.01. The van der Waals surface area contributed by atoms with Gasteiger partial charge in [-0.1, -0.05) is 0 Å². The standard InChI is InChI=1S/C9H8BNO3S/c12-10(13)14-8-3-1-7(2-4-8)9-11-5-6-15-9/h1-6,12-13H. The van der Waals surface area contributed by atoms with Gasteiger partial charge in [-0.25, -0.2) is 4.98 Å². The molecule has 0 aliphatic carbocycles. The van der Waals surface area contributed by atoms with Crippen molar-refractivity contribution in [3.8, 4) is 16.3 Å². The van der Waals surface area contributed by atoms with Gasteiger partial charge < -0.3 is 14.7 Å². The molecule has 4 nitrogen and oxygen atoms in total. The topological polar surface area (TPSA) is 62.6 Å². The first-order chi connectivity index (χ1) is 7.25. The molecule has 0 atom stereocenters. The van der Waals surface area contributed by atoms with Gasteiger partial charge in [0.1, 0.15) is 10.8 Å². The van der Waals surface area contributed by atoms with Gasteiger partial charge in [0, 0.05) is 17.1 Å². The molecular weight excluding hydrogens is 213 g/mol. The third-order valence-electron chi connectivity index (χ3n) is 1.78. The summed E-state index contributed by atoms with van der Waals surface area (Å²) in [6.45, 7) is 0. The molecule has 2 rings (SSSR count). The van der Waals surface area contributed by atoms with Crippen molar-refractivity contribution in [3.05, 3.63) is 35.8 Å². The molecular formula is C9H8BNO3S. The minimum Gasteiger partial charge on any atom is -0.512 e. The van der Waals surface area contributed by atoms with E-state index in [1.165, 1.54) is 0 Å². The van der Waals surface area contributed by atoms with E-state index in [4.69, 9.17) is 10.0 Å². The lowest BCUT2D eigenvalue weighted by molar-refractivity contribution is 0.288. The van der Waals surface area contributed by atoms with Gasteiger partial charge >= 0.3 is 7.32 Å². The third-order valence-corrected chi connectivity index (χ3v) is 2.60. The number of hydrogen-bond donors (Lipinski definition) is 2. The second kappa shape index (κ2) is 4.44. The maximum atomic E-state index is 8.58. The highest BCUT2D eigenvalue weighted by Crippen LogP contribution is 2.23. The Morgan fingerprint density at radius 2 is 1.93 bits per heavy atom. The van der Waals surface area contributed by atoms with Crippen LogP contribution >= 0.6 is 11.3 Å². The number of rotatable bonds is 3. The second-order valence-corrected chi connectivity index (χ2v) is 3.70. The van der Waals surface area contributed by atoms with Crippen LogP contribution in [0.1, 0.15) is 0 Å². The van der Waals surface area contributed by atoms with E-state index < -0.39 is 7.32 Å². The van der Waals surface area contributed by atoms with E-state index in [9.17, 15) is 0 Å². The van der Waals surface area contributed by atoms with E-state index in [2.05, 4.69) is 9.64 Å². The van der Waals surface area contributed by atoms with Crippen LogP contribution in [0.15, 0.2) is 35.8 Å². The molecule has 6 heteroatoms. The van der Waals surface area contributed by atoms with Gasteiger partial charge in [-0.3, -0.25) is 0 Å². The van der Waals surface area contributed by atoms with E-state index in [1.54, 1.807) is 29.7 Å². The van der Waals surface area contributed by atoms with Crippen LogP contribution in [0.25, 0.3) is 10.6 Å². The molecule has 0 unspecified atom stereocenters. The molecule has 0 aliphatic rings. The summed E-state index contributed by atoms with van der Waals surface area (Å²) in [5, 5.41) is 20.0. The zero-order valence-corrected chi connectivity index (χ0v) is 8.52. The zero-order chi connectivity index (χ0) is 10.7. The van der Waals surface area contributed by atoms with Crippen LogP contribution in [0.4, 0.5) is 0 Å². The summed E-state index contributed by atoms with van der Waals surface area (Å²) in [6, 6.07) is 6.96. The van der Waals surface area contributed by atoms with Crippen molar-refractivity contribution in [3.63, 3.8) is 0 Å². The molecule has 0 bridgehead atoms. The number of benzene rings is 1. The Hall–Kier alpha value is -1.37. The molecule has 0 amide bonds. The van der Waals surface area contributed by atoms with Gasteiger partial charge in [-0.15, -0.1) is 11.3 Å². The first-order valence-corrected chi connectivity index (χ1v) is 5.16. The van der Waals surface area contributed by atoms with E-state index in [0.717, 1.165) is 10.6 Å². The van der Waals surface area contributed by atoms with Crippen molar-refractivity contribution in [1.29, 1.82) is 0 Å². The second-order valence-electron chi connectivity index (χ2n) is 2.81. The number of nitrogens with zero attached hydrogens (tertiary/aromatic N) is 1. The van der Waals surface area contributed by atoms with Gasteiger partial charge in [0.05, 0.1) is 0 Å². The molecule has 0 saturated carbocycles. The monoisotopic (exact) mass is 221 g/mol. The fourth-order valence-corrected chi connectivity index (χ4v) is 1.81. The van der Waals surface area contributed by atoms with Crippen LogP contribution in [0.5, 0.6) is 5.75 Å². The number of hydrogen-bond acceptors (Lipinski definition) is 5. The van der Waals surface area contributed by atoms with Crippen molar-refractivity contribution in [2.24, 2.45) is 0 Å². The Bertz CT molecular complexity index is 415. The minimum absolute atomic E-state index is 0.408. The summed E-state index contributed by atoms with van der Waals surface area (Å²) >= 11 is 1.55. The number of aromatic nitrogens is 1. The lowest BCUT2D eigenvalue weighted by atomic mass is 10.2. The fourth-order valence-electron chi connectivity index (χ4n) is 1.16. The SMILES string of the molecule is OB(O)Oc1ccc(-c2nccs2)cc1. The van der Waals surface area contributed by atoms with E-state index in [1.807, 2.05) is 17.5 Å². The van der Waals surface area contributed by atoms with Gasteiger partial charge in [-0.2, -0.15) is 0 Å². The van der Waals surface area contributed by atoms with Gasteiger partial charge in [0.25, 0.3) is 0 Å². The van der Waals surface area contributed by atoms with Gasteiger partial charge in [0.15, 0.2) is 0 Å². The Labute approximate surface area is 91.0 Å². The smallest absolute Gasteiger partial charge is 0.512 e. The normalized spacial score (nSPS) is 10.0. The van der Waals surface area contributed by atoms with Crippen molar-refractivity contribution >= 4 is 18.7 Å². The van der Waals surface area contributed by atoms with Gasteiger partial charge in [0.2, 0.25) is 0 Å². The quantitative estimate of drug-likeness (QED) is 0.763. The van der Waals surface area contributed by atoms with E-state index in [-0.39, 0.29) is 0 Å². The minimum atomic E-state index is -1.78. The summed E-state index contributed by atoms with van der Waals surface area (Å²) in [5.41, 5.74) is 0.977. The first kappa shape index (κ1) is 10.2. The predicted octanol–water partition coefficient (Wildman–Crippen LogP) is 1.16.